The first-order valence-corrected chi connectivity index (χ1v) is 6.40. The molecule has 0 radical (unpaired) electrons. The average molecular weight is 242 g/mol. The molecule has 16 heavy (non-hydrogen) atoms. The van der Waals surface area contributed by atoms with Gasteiger partial charge in [-0.3, -0.25) is 0 Å². The Labute approximate surface area is 99.8 Å². The van der Waals surface area contributed by atoms with Gasteiger partial charge < -0.3 is 0 Å². The normalized spacial score (nSPS) is 10.4. The standard InChI is InChI=1S/C13H16F2S/c1-2-3-4-5-6-7-16-13-9-11(14)8-12(15)10-13/h2,8-10H,1,3-7H2. The van der Waals surface area contributed by atoms with Crippen LogP contribution in [0, 0.1) is 11.6 Å². The van der Waals surface area contributed by atoms with Gasteiger partial charge >= 0.3 is 0 Å². The Balaban J connectivity index is 2.23. The van der Waals surface area contributed by atoms with Gasteiger partial charge in [0.05, 0.1) is 0 Å². The molecule has 0 aliphatic rings. The fraction of sp³-hybridized carbons (Fsp3) is 0.385. The van der Waals surface area contributed by atoms with E-state index in [4.69, 9.17) is 0 Å². The van der Waals surface area contributed by atoms with Crippen molar-refractivity contribution in [2.75, 3.05) is 5.75 Å². The van der Waals surface area contributed by atoms with Gasteiger partial charge in [0, 0.05) is 11.0 Å². The van der Waals surface area contributed by atoms with Crippen LogP contribution in [0.2, 0.25) is 0 Å². The number of hydrogen-bond donors (Lipinski definition) is 0. The van der Waals surface area contributed by atoms with Gasteiger partial charge in [0.2, 0.25) is 0 Å². The summed E-state index contributed by atoms with van der Waals surface area (Å²) in [6.45, 7) is 3.66. The highest BCUT2D eigenvalue weighted by Crippen LogP contribution is 2.21. The summed E-state index contributed by atoms with van der Waals surface area (Å²) in [6.07, 6.45) is 6.30. The first-order valence-electron chi connectivity index (χ1n) is 5.42. The lowest BCUT2D eigenvalue weighted by Crippen LogP contribution is -1.84. The fourth-order valence-electron chi connectivity index (χ4n) is 1.37. The van der Waals surface area contributed by atoms with Gasteiger partial charge in [-0.15, -0.1) is 18.3 Å². The van der Waals surface area contributed by atoms with E-state index in [1.165, 1.54) is 23.9 Å². The van der Waals surface area contributed by atoms with E-state index >= 15 is 0 Å². The van der Waals surface area contributed by atoms with E-state index in [1.54, 1.807) is 0 Å². The Bertz CT molecular complexity index is 316. The zero-order valence-corrected chi connectivity index (χ0v) is 10.0. The van der Waals surface area contributed by atoms with Gasteiger partial charge in [-0.25, -0.2) is 8.78 Å². The number of benzene rings is 1. The number of unbranched alkanes of at least 4 members (excludes halogenated alkanes) is 3. The van der Waals surface area contributed by atoms with Crippen molar-refractivity contribution in [2.45, 2.75) is 30.6 Å². The maximum absolute atomic E-state index is 12.8. The molecule has 0 aliphatic carbocycles. The molecule has 0 aliphatic heterocycles. The van der Waals surface area contributed by atoms with Crippen LogP contribution < -0.4 is 0 Å². The molecule has 0 bridgehead atoms. The number of rotatable bonds is 7. The third kappa shape index (κ3) is 5.31. The number of halogens is 2. The maximum atomic E-state index is 12.8. The van der Waals surface area contributed by atoms with Gasteiger partial charge in [0.25, 0.3) is 0 Å². The van der Waals surface area contributed by atoms with Crippen molar-refractivity contribution in [1.29, 1.82) is 0 Å². The topological polar surface area (TPSA) is 0 Å². The van der Waals surface area contributed by atoms with Crippen LogP contribution in [0.5, 0.6) is 0 Å². The van der Waals surface area contributed by atoms with E-state index in [9.17, 15) is 8.78 Å². The molecule has 1 rings (SSSR count). The zero-order chi connectivity index (χ0) is 11.8. The lowest BCUT2D eigenvalue weighted by Gasteiger charge is -2.02. The van der Waals surface area contributed by atoms with Crippen molar-refractivity contribution in [3.63, 3.8) is 0 Å². The lowest BCUT2D eigenvalue weighted by molar-refractivity contribution is 0.577. The summed E-state index contributed by atoms with van der Waals surface area (Å²) in [5.41, 5.74) is 0. The van der Waals surface area contributed by atoms with Crippen LogP contribution in [0.15, 0.2) is 35.7 Å². The van der Waals surface area contributed by atoms with E-state index in [-0.39, 0.29) is 0 Å². The molecule has 0 nitrogen and oxygen atoms in total. The van der Waals surface area contributed by atoms with Gasteiger partial charge in [0.15, 0.2) is 0 Å². The van der Waals surface area contributed by atoms with Crippen molar-refractivity contribution in [2.24, 2.45) is 0 Å². The van der Waals surface area contributed by atoms with Crippen LogP contribution in [-0.2, 0) is 0 Å². The third-order valence-corrected chi connectivity index (χ3v) is 3.22. The minimum absolute atomic E-state index is 0.505. The Kier molecular flexibility index (Phi) is 6.16. The van der Waals surface area contributed by atoms with Crippen LogP contribution in [0.1, 0.15) is 25.7 Å². The van der Waals surface area contributed by atoms with Gasteiger partial charge in [-0.05, 0) is 37.1 Å². The van der Waals surface area contributed by atoms with Gasteiger partial charge in [-0.2, -0.15) is 0 Å². The molecule has 0 atom stereocenters. The molecule has 0 heterocycles. The molecule has 1 aromatic rings. The molecule has 88 valence electrons. The Hall–Kier alpha value is -0.830. The quantitative estimate of drug-likeness (QED) is 0.376. The summed E-state index contributed by atoms with van der Waals surface area (Å²) in [5, 5.41) is 0. The molecule has 0 spiro atoms. The van der Waals surface area contributed by atoms with E-state index in [0.717, 1.165) is 37.5 Å². The minimum atomic E-state index is -0.505. The SMILES string of the molecule is C=CCCCCCSc1cc(F)cc(F)c1. The van der Waals surface area contributed by atoms with Crippen molar-refractivity contribution >= 4 is 11.8 Å². The molecule has 0 aromatic heterocycles. The van der Waals surface area contributed by atoms with Crippen LogP contribution in [0.3, 0.4) is 0 Å². The van der Waals surface area contributed by atoms with Crippen LogP contribution >= 0.6 is 11.8 Å². The Morgan fingerprint density at radius 3 is 2.38 bits per heavy atom. The Morgan fingerprint density at radius 1 is 1.06 bits per heavy atom. The van der Waals surface area contributed by atoms with E-state index in [2.05, 4.69) is 6.58 Å². The second-order valence-corrected chi connectivity index (χ2v) is 4.76. The number of thioether (sulfide) groups is 1. The molecule has 0 N–H and O–H groups in total. The fourth-order valence-corrected chi connectivity index (χ4v) is 2.35. The third-order valence-electron chi connectivity index (χ3n) is 2.16. The molecule has 1 aromatic carbocycles. The molecular formula is C13H16F2S. The van der Waals surface area contributed by atoms with Crippen LogP contribution in [-0.4, -0.2) is 5.75 Å². The summed E-state index contributed by atoms with van der Waals surface area (Å²) in [5.74, 6) is -0.108. The monoisotopic (exact) mass is 242 g/mol. The summed E-state index contributed by atoms with van der Waals surface area (Å²) < 4.78 is 25.7. The van der Waals surface area contributed by atoms with E-state index in [1.807, 2.05) is 6.08 Å². The van der Waals surface area contributed by atoms with Crippen molar-refractivity contribution in [3.05, 3.63) is 42.5 Å². The summed E-state index contributed by atoms with van der Waals surface area (Å²) in [6, 6.07) is 3.64. The molecule has 0 saturated carbocycles. The highest BCUT2D eigenvalue weighted by Gasteiger charge is 2.00. The molecule has 0 amide bonds. The second kappa shape index (κ2) is 7.44. The Morgan fingerprint density at radius 2 is 1.75 bits per heavy atom. The average Bonchev–Trinajstić information content (AvgIpc) is 2.22. The van der Waals surface area contributed by atoms with Gasteiger partial charge in [-0.1, -0.05) is 12.5 Å². The zero-order valence-electron chi connectivity index (χ0n) is 9.22. The number of allylic oxidation sites excluding steroid dienone is 1. The molecule has 0 saturated heterocycles. The van der Waals surface area contributed by atoms with Crippen LogP contribution in [0.4, 0.5) is 8.78 Å². The lowest BCUT2D eigenvalue weighted by atomic mass is 10.2. The minimum Gasteiger partial charge on any atom is -0.207 e. The molecule has 0 fully saturated rings. The largest absolute Gasteiger partial charge is 0.207 e. The smallest absolute Gasteiger partial charge is 0.127 e. The summed E-state index contributed by atoms with van der Waals surface area (Å²) >= 11 is 1.50. The first kappa shape index (κ1) is 13.2. The second-order valence-electron chi connectivity index (χ2n) is 3.59. The summed E-state index contributed by atoms with van der Waals surface area (Å²) in [7, 11) is 0. The van der Waals surface area contributed by atoms with E-state index < -0.39 is 11.6 Å². The molecule has 3 heteroatoms. The van der Waals surface area contributed by atoms with Crippen molar-refractivity contribution in [1.82, 2.24) is 0 Å². The highest BCUT2D eigenvalue weighted by molar-refractivity contribution is 7.99. The van der Waals surface area contributed by atoms with Crippen LogP contribution in [0.25, 0.3) is 0 Å². The number of hydrogen-bond acceptors (Lipinski definition) is 1. The molecular weight excluding hydrogens is 226 g/mol. The highest BCUT2D eigenvalue weighted by atomic mass is 32.2. The first-order chi connectivity index (χ1) is 7.72. The predicted molar refractivity (Wildman–Crippen MR) is 65.7 cm³/mol. The van der Waals surface area contributed by atoms with E-state index in [0.29, 0.717) is 4.90 Å². The van der Waals surface area contributed by atoms with Gasteiger partial charge in [0.1, 0.15) is 11.6 Å². The predicted octanol–water partition coefficient (Wildman–Crippen LogP) is 4.80. The van der Waals surface area contributed by atoms with Crippen molar-refractivity contribution in [3.8, 4) is 0 Å². The summed E-state index contributed by atoms with van der Waals surface area (Å²) in [4.78, 5) is 0.668. The maximum Gasteiger partial charge on any atom is 0.127 e. The molecule has 0 unspecified atom stereocenters. The van der Waals surface area contributed by atoms with Crippen molar-refractivity contribution < 1.29 is 8.78 Å².